The third kappa shape index (κ3) is 4.68. The topological polar surface area (TPSA) is 103 Å². The Morgan fingerprint density at radius 2 is 1.68 bits per heavy atom. The lowest BCUT2D eigenvalue weighted by Gasteiger charge is -2.12. The maximum Gasteiger partial charge on any atom is 0.416 e. The molecule has 2 heterocycles. The Bertz CT molecular complexity index is 1360. The molecular formula is C23H19F3N6O2. The van der Waals surface area contributed by atoms with Gasteiger partial charge in [0.05, 0.1) is 17.3 Å². The van der Waals surface area contributed by atoms with Crippen molar-refractivity contribution in [2.45, 2.75) is 6.18 Å². The van der Waals surface area contributed by atoms with Gasteiger partial charge in [0, 0.05) is 42.6 Å². The van der Waals surface area contributed by atoms with Gasteiger partial charge in [-0.05, 0) is 35.9 Å². The number of aromatic nitrogens is 3. The Morgan fingerprint density at radius 1 is 0.971 bits per heavy atom. The van der Waals surface area contributed by atoms with E-state index in [-0.39, 0.29) is 17.3 Å². The van der Waals surface area contributed by atoms with Crippen LogP contribution in [0.4, 0.5) is 29.3 Å². The number of anilines is 2. The summed E-state index contributed by atoms with van der Waals surface area (Å²) in [4.78, 5) is 30.3. The summed E-state index contributed by atoms with van der Waals surface area (Å²) >= 11 is 0. The molecule has 3 amide bonds. The van der Waals surface area contributed by atoms with E-state index in [0.29, 0.717) is 16.6 Å². The lowest BCUT2D eigenvalue weighted by Crippen LogP contribution is -2.23. The van der Waals surface area contributed by atoms with E-state index in [9.17, 15) is 22.8 Å². The molecule has 0 aliphatic heterocycles. The van der Waals surface area contributed by atoms with Crippen LogP contribution in [0.5, 0.6) is 0 Å². The van der Waals surface area contributed by atoms with E-state index < -0.39 is 17.8 Å². The summed E-state index contributed by atoms with van der Waals surface area (Å²) in [5.41, 5.74) is 1.87. The number of halogens is 3. The first-order chi connectivity index (χ1) is 16.1. The average Bonchev–Trinajstić information content (AvgIpc) is 3.28. The SMILES string of the molecule is CN(C)C(=O)c1ncc(-c2ccc(NC(=O)Nc3cccc(C(F)(F)F)c3)cc2)c2cn[nH]c12. The van der Waals surface area contributed by atoms with E-state index in [2.05, 4.69) is 25.8 Å². The molecule has 0 bridgehead atoms. The number of H-pyrrole nitrogens is 1. The van der Waals surface area contributed by atoms with Crippen LogP contribution in [0.15, 0.2) is 60.9 Å². The highest BCUT2D eigenvalue weighted by Gasteiger charge is 2.30. The number of urea groups is 1. The zero-order valence-electron chi connectivity index (χ0n) is 18.1. The lowest BCUT2D eigenvalue weighted by atomic mass is 10.0. The fourth-order valence-corrected chi connectivity index (χ4v) is 3.34. The molecule has 34 heavy (non-hydrogen) atoms. The number of hydrogen-bond donors (Lipinski definition) is 3. The summed E-state index contributed by atoms with van der Waals surface area (Å²) in [7, 11) is 3.27. The van der Waals surface area contributed by atoms with Crippen LogP contribution in [0.25, 0.3) is 22.0 Å². The van der Waals surface area contributed by atoms with Crippen molar-refractivity contribution < 1.29 is 22.8 Å². The van der Waals surface area contributed by atoms with Crippen LogP contribution in [-0.2, 0) is 6.18 Å². The number of nitrogens with zero attached hydrogens (tertiary/aromatic N) is 3. The van der Waals surface area contributed by atoms with Gasteiger partial charge in [0.25, 0.3) is 5.91 Å². The lowest BCUT2D eigenvalue weighted by molar-refractivity contribution is -0.137. The zero-order valence-corrected chi connectivity index (χ0v) is 18.1. The van der Waals surface area contributed by atoms with Crippen molar-refractivity contribution in [1.82, 2.24) is 20.1 Å². The van der Waals surface area contributed by atoms with Crippen LogP contribution in [0.2, 0.25) is 0 Å². The number of hydrogen-bond acceptors (Lipinski definition) is 4. The Labute approximate surface area is 191 Å². The number of amides is 3. The van der Waals surface area contributed by atoms with Crippen molar-refractivity contribution in [3.05, 3.63) is 72.2 Å². The average molecular weight is 468 g/mol. The second-order valence-corrected chi connectivity index (χ2v) is 7.61. The fraction of sp³-hybridized carbons (Fsp3) is 0.130. The molecule has 0 aliphatic rings. The summed E-state index contributed by atoms with van der Waals surface area (Å²) in [6.45, 7) is 0. The molecule has 0 atom stereocenters. The van der Waals surface area contributed by atoms with E-state index in [1.165, 1.54) is 17.0 Å². The Hall–Kier alpha value is -4.41. The Balaban J connectivity index is 1.50. The number of aromatic amines is 1. The maximum atomic E-state index is 12.8. The van der Waals surface area contributed by atoms with E-state index in [1.807, 2.05) is 0 Å². The zero-order chi connectivity index (χ0) is 24.5. The largest absolute Gasteiger partial charge is 0.416 e. The van der Waals surface area contributed by atoms with Crippen LogP contribution < -0.4 is 10.6 Å². The molecule has 0 radical (unpaired) electrons. The minimum absolute atomic E-state index is 0.0183. The maximum absolute atomic E-state index is 12.8. The van der Waals surface area contributed by atoms with Crippen molar-refractivity contribution in [2.24, 2.45) is 0 Å². The van der Waals surface area contributed by atoms with Crippen molar-refractivity contribution in [2.75, 3.05) is 24.7 Å². The second-order valence-electron chi connectivity index (χ2n) is 7.61. The predicted octanol–water partition coefficient (Wildman–Crippen LogP) is 4.99. The quantitative estimate of drug-likeness (QED) is 0.393. The molecule has 0 aliphatic carbocycles. The van der Waals surface area contributed by atoms with Crippen LogP contribution in [0.3, 0.4) is 0 Å². The normalized spacial score (nSPS) is 11.3. The number of carbonyl (C=O) groups excluding carboxylic acids is 2. The highest BCUT2D eigenvalue weighted by atomic mass is 19.4. The Morgan fingerprint density at radius 3 is 2.35 bits per heavy atom. The van der Waals surface area contributed by atoms with Gasteiger partial charge < -0.3 is 15.5 Å². The third-order valence-corrected chi connectivity index (χ3v) is 5.00. The standard InChI is InChI=1S/C23H19F3N6O2/c1-32(2)21(33)20-19-18(12-28-31-19)17(11-27-20)13-6-8-15(9-7-13)29-22(34)30-16-5-3-4-14(10-16)23(24,25)26/h3-12H,1-2H3,(H,28,31)(H2,29,30,34). The van der Waals surface area contributed by atoms with Crippen LogP contribution in [0.1, 0.15) is 16.1 Å². The third-order valence-electron chi connectivity index (χ3n) is 5.00. The molecular weight excluding hydrogens is 449 g/mol. The molecule has 0 saturated heterocycles. The summed E-state index contributed by atoms with van der Waals surface area (Å²) < 4.78 is 38.5. The van der Waals surface area contributed by atoms with E-state index in [1.54, 1.807) is 50.8 Å². The van der Waals surface area contributed by atoms with Crippen molar-refractivity contribution in [3.8, 4) is 11.1 Å². The fourth-order valence-electron chi connectivity index (χ4n) is 3.34. The van der Waals surface area contributed by atoms with E-state index in [0.717, 1.165) is 23.3 Å². The number of fused-ring (bicyclic) bond motifs is 1. The predicted molar refractivity (Wildman–Crippen MR) is 121 cm³/mol. The number of rotatable bonds is 4. The van der Waals surface area contributed by atoms with Crippen molar-refractivity contribution in [3.63, 3.8) is 0 Å². The van der Waals surface area contributed by atoms with E-state index in [4.69, 9.17) is 0 Å². The Kier molecular flexibility index (Phi) is 5.93. The molecule has 2 aromatic carbocycles. The van der Waals surface area contributed by atoms with Crippen LogP contribution in [-0.4, -0.2) is 46.1 Å². The van der Waals surface area contributed by atoms with Crippen molar-refractivity contribution >= 4 is 34.2 Å². The number of pyridine rings is 1. The van der Waals surface area contributed by atoms with E-state index >= 15 is 0 Å². The first-order valence-corrected chi connectivity index (χ1v) is 10.0. The highest BCUT2D eigenvalue weighted by Crippen LogP contribution is 2.31. The summed E-state index contributed by atoms with van der Waals surface area (Å²) in [5, 5.41) is 12.5. The molecule has 3 N–H and O–H groups in total. The first-order valence-electron chi connectivity index (χ1n) is 10.0. The van der Waals surface area contributed by atoms with Gasteiger partial charge in [0.2, 0.25) is 0 Å². The molecule has 0 fully saturated rings. The molecule has 11 heteroatoms. The number of benzene rings is 2. The van der Waals surface area contributed by atoms with Gasteiger partial charge in [0.15, 0.2) is 5.69 Å². The van der Waals surface area contributed by atoms with Gasteiger partial charge in [-0.15, -0.1) is 0 Å². The summed E-state index contributed by atoms with van der Waals surface area (Å²) in [6, 6.07) is 10.5. The highest BCUT2D eigenvalue weighted by molar-refractivity contribution is 6.07. The molecule has 8 nitrogen and oxygen atoms in total. The summed E-state index contributed by atoms with van der Waals surface area (Å²) in [5.74, 6) is -0.257. The number of nitrogens with one attached hydrogen (secondary N) is 3. The molecule has 2 aromatic heterocycles. The van der Waals surface area contributed by atoms with Gasteiger partial charge in [0.1, 0.15) is 0 Å². The monoisotopic (exact) mass is 468 g/mol. The molecule has 174 valence electrons. The van der Waals surface area contributed by atoms with Crippen molar-refractivity contribution in [1.29, 1.82) is 0 Å². The minimum Gasteiger partial charge on any atom is -0.343 e. The van der Waals surface area contributed by atoms with Gasteiger partial charge in [-0.2, -0.15) is 18.3 Å². The minimum atomic E-state index is -4.50. The molecule has 0 saturated carbocycles. The number of carbonyl (C=O) groups is 2. The van der Waals surface area contributed by atoms with Crippen LogP contribution in [0, 0.1) is 0 Å². The van der Waals surface area contributed by atoms with Crippen LogP contribution >= 0.6 is 0 Å². The van der Waals surface area contributed by atoms with Gasteiger partial charge in [-0.1, -0.05) is 18.2 Å². The number of alkyl halides is 3. The molecule has 4 rings (SSSR count). The second kappa shape index (κ2) is 8.85. The molecule has 0 spiro atoms. The van der Waals surface area contributed by atoms with Gasteiger partial charge >= 0.3 is 12.2 Å². The first kappa shape index (κ1) is 22.8. The molecule has 0 unspecified atom stereocenters. The smallest absolute Gasteiger partial charge is 0.343 e. The molecule has 4 aromatic rings. The summed E-state index contributed by atoms with van der Waals surface area (Å²) in [6.07, 6.45) is -1.32. The van der Waals surface area contributed by atoms with Gasteiger partial charge in [-0.25, -0.2) is 9.78 Å². The van der Waals surface area contributed by atoms with Gasteiger partial charge in [-0.3, -0.25) is 9.89 Å².